The van der Waals surface area contributed by atoms with Crippen molar-refractivity contribution in [1.82, 2.24) is 10.2 Å². The second-order valence-corrected chi connectivity index (χ2v) is 7.47. The minimum Gasteiger partial charge on any atom is -0.317 e. The molecule has 5 heteroatoms. The molecule has 0 amide bonds. The minimum atomic E-state index is -4.11. The third kappa shape index (κ3) is 6.15. The van der Waals surface area contributed by atoms with Crippen molar-refractivity contribution < 1.29 is 13.2 Å². The molecule has 126 valence electrons. The van der Waals surface area contributed by atoms with Crippen molar-refractivity contribution in [3.63, 3.8) is 0 Å². The van der Waals surface area contributed by atoms with Crippen LogP contribution in [-0.2, 0) is 0 Å². The number of halogens is 3. The molecule has 2 nitrogen and oxygen atoms in total. The van der Waals surface area contributed by atoms with E-state index in [1.165, 1.54) is 0 Å². The lowest BCUT2D eigenvalue weighted by Gasteiger charge is -2.43. The zero-order valence-corrected chi connectivity index (χ0v) is 14.1. The monoisotopic (exact) mass is 308 g/mol. The Hall–Kier alpha value is -0.290. The third-order valence-corrected chi connectivity index (χ3v) is 4.92. The van der Waals surface area contributed by atoms with Crippen LogP contribution in [0.4, 0.5) is 13.2 Å². The van der Waals surface area contributed by atoms with E-state index in [0.29, 0.717) is 31.0 Å². The van der Waals surface area contributed by atoms with Crippen molar-refractivity contribution in [2.45, 2.75) is 59.2 Å². The second-order valence-electron chi connectivity index (χ2n) is 7.47. The van der Waals surface area contributed by atoms with Crippen LogP contribution in [0.2, 0.25) is 0 Å². The molecule has 1 aliphatic carbocycles. The maximum absolute atomic E-state index is 12.6. The first kappa shape index (κ1) is 18.8. The lowest BCUT2D eigenvalue weighted by molar-refractivity contribution is -0.147. The van der Waals surface area contributed by atoms with Crippen LogP contribution >= 0.6 is 0 Å². The summed E-state index contributed by atoms with van der Waals surface area (Å²) in [6.07, 6.45) is -0.865. The number of nitrogens with zero attached hydrogens (tertiary/aromatic N) is 1. The highest BCUT2D eigenvalue weighted by atomic mass is 19.4. The fraction of sp³-hybridized carbons (Fsp3) is 1.00. The van der Waals surface area contributed by atoms with Crippen molar-refractivity contribution in [2.24, 2.45) is 17.3 Å². The van der Waals surface area contributed by atoms with Crippen molar-refractivity contribution in [3.05, 3.63) is 0 Å². The van der Waals surface area contributed by atoms with Crippen molar-refractivity contribution >= 4 is 0 Å². The molecule has 0 bridgehead atoms. The van der Waals surface area contributed by atoms with Crippen molar-refractivity contribution in [1.29, 1.82) is 0 Å². The lowest BCUT2D eigenvalue weighted by Crippen LogP contribution is -2.47. The molecule has 0 aromatic rings. The summed E-state index contributed by atoms with van der Waals surface area (Å²) < 4.78 is 37.9. The molecule has 3 atom stereocenters. The highest BCUT2D eigenvalue weighted by Gasteiger charge is 2.37. The average molecular weight is 308 g/mol. The summed E-state index contributed by atoms with van der Waals surface area (Å²) in [6.45, 7) is 8.72. The Morgan fingerprint density at radius 1 is 1.14 bits per heavy atom. The Balaban J connectivity index is 2.70. The summed E-state index contributed by atoms with van der Waals surface area (Å²) in [5, 5.41) is 3.31. The van der Waals surface area contributed by atoms with Gasteiger partial charge < -0.3 is 5.32 Å². The van der Waals surface area contributed by atoms with E-state index in [2.05, 4.69) is 26.1 Å². The van der Waals surface area contributed by atoms with Gasteiger partial charge in [0.05, 0.1) is 6.54 Å². The number of nitrogens with one attached hydrogen (secondary N) is 1. The predicted molar refractivity (Wildman–Crippen MR) is 81.3 cm³/mol. The summed E-state index contributed by atoms with van der Waals surface area (Å²) in [5.74, 6) is 0.895. The predicted octanol–water partition coefficient (Wildman–Crippen LogP) is 3.92. The van der Waals surface area contributed by atoms with Gasteiger partial charge >= 0.3 is 6.18 Å². The fourth-order valence-corrected chi connectivity index (χ4v) is 3.52. The molecule has 1 rings (SSSR count). The van der Waals surface area contributed by atoms with Crippen LogP contribution in [-0.4, -0.2) is 43.8 Å². The largest absolute Gasteiger partial charge is 0.401 e. The molecule has 0 spiro atoms. The maximum atomic E-state index is 12.6. The standard InChI is InChI=1S/C16H31F3N2/c1-6-21(11-16(17,18)19)10-12-9-13(15(2,3)4)7-8-14(12)20-5/h12-14,20H,6-11H2,1-5H3. The lowest BCUT2D eigenvalue weighted by atomic mass is 9.67. The smallest absolute Gasteiger partial charge is 0.317 e. The molecule has 1 N–H and O–H groups in total. The zero-order valence-electron chi connectivity index (χ0n) is 14.1. The van der Waals surface area contributed by atoms with Crippen molar-refractivity contribution in [2.75, 3.05) is 26.7 Å². The Bertz CT molecular complexity index is 310. The van der Waals surface area contributed by atoms with E-state index in [1.807, 2.05) is 14.0 Å². The molecule has 21 heavy (non-hydrogen) atoms. The normalized spacial score (nSPS) is 28.1. The topological polar surface area (TPSA) is 15.3 Å². The molecule has 0 aliphatic heterocycles. The highest BCUT2D eigenvalue weighted by Crippen LogP contribution is 2.40. The zero-order chi connectivity index (χ0) is 16.3. The molecular formula is C16H31F3N2. The molecule has 0 aromatic heterocycles. The summed E-state index contributed by atoms with van der Waals surface area (Å²) in [6, 6.07) is 0.339. The highest BCUT2D eigenvalue weighted by molar-refractivity contribution is 4.90. The summed E-state index contributed by atoms with van der Waals surface area (Å²) in [4.78, 5) is 1.54. The third-order valence-electron chi connectivity index (χ3n) is 4.92. The van der Waals surface area contributed by atoms with Gasteiger partial charge in [-0.1, -0.05) is 27.7 Å². The van der Waals surface area contributed by atoms with Gasteiger partial charge in [-0.2, -0.15) is 13.2 Å². The number of hydrogen-bond donors (Lipinski definition) is 1. The molecule has 0 aromatic carbocycles. The van der Waals surface area contributed by atoms with Gasteiger partial charge in [0.25, 0.3) is 0 Å². The van der Waals surface area contributed by atoms with Gasteiger partial charge in [0, 0.05) is 12.6 Å². The Morgan fingerprint density at radius 3 is 2.19 bits per heavy atom. The van der Waals surface area contributed by atoms with E-state index in [1.54, 1.807) is 4.90 Å². The van der Waals surface area contributed by atoms with E-state index in [9.17, 15) is 13.2 Å². The van der Waals surface area contributed by atoms with E-state index >= 15 is 0 Å². The van der Waals surface area contributed by atoms with E-state index < -0.39 is 12.7 Å². The molecule has 1 saturated carbocycles. The SMILES string of the molecule is CCN(CC1CC(C(C)(C)C)CCC1NC)CC(F)(F)F. The van der Waals surface area contributed by atoms with Gasteiger partial charge in [0.15, 0.2) is 0 Å². The molecular weight excluding hydrogens is 277 g/mol. The van der Waals surface area contributed by atoms with E-state index in [4.69, 9.17) is 0 Å². The summed E-state index contributed by atoms with van der Waals surface area (Å²) >= 11 is 0. The summed E-state index contributed by atoms with van der Waals surface area (Å²) in [5.41, 5.74) is 0.234. The number of alkyl halides is 3. The van der Waals surface area contributed by atoms with Gasteiger partial charge in [-0.15, -0.1) is 0 Å². The summed E-state index contributed by atoms with van der Waals surface area (Å²) in [7, 11) is 1.93. The van der Waals surface area contributed by atoms with E-state index in [-0.39, 0.29) is 5.41 Å². The average Bonchev–Trinajstić information content (AvgIpc) is 2.35. The van der Waals surface area contributed by atoms with Crippen LogP contribution in [0, 0.1) is 17.3 Å². The first-order valence-corrected chi connectivity index (χ1v) is 8.03. The Kier molecular flexibility index (Phi) is 6.54. The second kappa shape index (κ2) is 7.32. The molecule has 3 unspecified atom stereocenters. The van der Waals surface area contributed by atoms with Gasteiger partial charge in [0.1, 0.15) is 0 Å². The van der Waals surface area contributed by atoms with Crippen molar-refractivity contribution in [3.8, 4) is 0 Å². The molecule has 1 fully saturated rings. The van der Waals surface area contributed by atoms with Crippen LogP contribution in [0.3, 0.4) is 0 Å². The van der Waals surface area contributed by atoms with Crippen LogP contribution in [0.15, 0.2) is 0 Å². The molecule has 0 radical (unpaired) electrons. The van der Waals surface area contributed by atoms with Crippen LogP contribution in [0.25, 0.3) is 0 Å². The maximum Gasteiger partial charge on any atom is 0.401 e. The fourth-order valence-electron chi connectivity index (χ4n) is 3.52. The van der Waals surface area contributed by atoms with Gasteiger partial charge in [-0.3, -0.25) is 4.90 Å². The molecule has 0 heterocycles. The van der Waals surface area contributed by atoms with Crippen LogP contribution < -0.4 is 5.32 Å². The minimum absolute atomic E-state index is 0.234. The van der Waals surface area contributed by atoms with Crippen LogP contribution in [0.1, 0.15) is 47.0 Å². The first-order valence-electron chi connectivity index (χ1n) is 8.03. The van der Waals surface area contributed by atoms with Gasteiger partial charge in [-0.25, -0.2) is 0 Å². The molecule has 1 aliphatic rings. The first-order chi connectivity index (χ1) is 9.56. The van der Waals surface area contributed by atoms with Crippen LogP contribution in [0.5, 0.6) is 0 Å². The number of hydrogen-bond acceptors (Lipinski definition) is 2. The Morgan fingerprint density at radius 2 is 1.76 bits per heavy atom. The Labute approximate surface area is 127 Å². The number of rotatable bonds is 5. The van der Waals surface area contributed by atoms with Gasteiger partial charge in [-0.05, 0) is 50.1 Å². The quantitative estimate of drug-likeness (QED) is 0.828. The van der Waals surface area contributed by atoms with E-state index in [0.717, 1.165) is 19.3 Å². The molecule has 0 saturated heterocycles. The van der Waals surface area contributed by atoms with Gasteiger partial charge in [0.2, 0.25) is 0 Å².